The van der Waals surface area contributed by atoms with Crippen LogP contribution in [0.3, 0.4) is 0 Å². The van der Waals surface area contributed by atoms with Gasteiger partial charge in [0.05, 0.1) is 27.5 Å². The molecule has 2 aromatic rings. The maximum atomic E-state index is 12.1. The van der Waals surface area contributed by atoms with Crippen molar-refractivity contribution in [3.05, 3.63) is 47.5 Å². The van der Waals surface area contributed by atoms with Crippen LogP contribution in [0.15, 0.2) is 41.5 Å². The second kappa shape index (κ2) is 7.87. The van der Waals surface area contributed by atoms with Gasteiger partial charge in [0.15, 0.2) is 23.0 Å². The minimum atomic E-state index is -0.422. The van der Waals surface area contributed by atoms with Crippen LogP contribution in [-0.4, -0.2) is 38.6 Å². The largest absolute Gasteiger partial charge is 0.504 e. The first-order chi connectivity index (χ1) is 11.6. The highest BCUT2D eigenvalue weighted by Crippen LogP contribution is 2.28. The van der Waals surface area contributed by atoms with Crippen molar-refractivity contribution in [2.24, 2.45) is 5.10 Å². The fourth-order valence-corrected chi connectivity index (χ4v) is 2.01. The minimum Gasteiger partial charge on any atom is -0.504 e. The molecule has 2 aromatic carbocycles. The number of hydrazone groups is 1. The van der Waals surface area contributed by atoms with Gasteiger partial charge in [-0.1, -0.05) is 6.07 Å². The van der Waals surface area contributed by atoms with Gasteiger partial charge in [-0.25, -0.2) is 5.43 Å². The van der Waals surface area contributed by atoms with Crippen molar-refractivity contribution in [3.63, 3.8) is 0 Å². The lowest BCUT2D eigenvalue weighted by atomic mass is 10.2. The van der Waals surface area contributed by atoms with Crippen LogP contribution in [0.5, 0.6) is 23.0 Å². The molecule has 0 saturated heterocycles. The van der Waals surface area contributed by atoms with Gasteiger partial charge in [0.2, 0.25) is 0 Å². The Kier molecular flexibility index (Phi) is 5.62. The van der Waals surface area contributed by atoms with E-state index in [0.29, 0.717) is 28.4 Å². The number of para-hydroxylation sites is 1. The van der Waals surface area contributed by atoms with Crippen LogP contribution in [-0.2, 0) is 0 Å². The molecule has 7 nitrogen and oxygen atoms in total. The number of phenolic OH excluding ortho intramolecular Hbond substituents is 1. The van der Waals surface area contributed by atoms with Crippen LogP contribution in [0.2, 0.25) is 0 Å². The van der Waals surface area contributed by atoms with E-state index in [4.69, 9.17) is 14.2 Å². The van der Waals surface area contributed by atoms with Crippen molar-refractivity contribution in [1.82, 2.24) is 5.43 Å². The maximum Gasteiger partial charge on any atom is 0.271 e. The SMILES string of the molecule is COc1ccc(C(=O)NN=Cc2cccc(OC)c2O)cc1OC. The van der Waals surface area contributed by atoms with Gasteiger partial charge in [-0.3, -0.25) is 4.79 Å². The molecule has 126 valence electrons. The zero-order valence-electron chi connectivity index (χ0n) is 13.6. The molecule has 0 atom stereocenters. The molecular formula is C17H18N2O5. The van der Waals surface area contributed by atoms with Crippen molar-refractivity contribution >= 4 is 12.1 Å². The summed E-state index contributed by atoms with van der Waals surface area (Å²) in [5.41, 5.74) is 3.16. The smallest absolute Gasteiger partial charge is 0.271 e. The fourth-order valence-electron chi connectivity index (χ4n) is 2.01. The van der Waals surface area contributed by atoms with Gasteiger partial charge in [0.25, 0.3) is 5.91 Å². The Morgan fingerprint density at radius 3 is 2.42 bits per heavy atom. The second-order valence-corrected chi connectivity index (χ2v) is 4.67. The first-order valence-electron chi connectivity index (χ1n) is 7.02. The Bertz CT molecular complexity index is 759. The van der Waals surface area contributed by atoms with Crippen LogP contribution in [0.25, 0.3) is 0 Å². The standard InChI is InChI=1S/C17H18N2O5/c1-22-13-8-7-11(9-15(13)24-3)17(21)19-18-10-12-5-4-6-14(23-2)16(12)20/h4-10,20H,1-3H3,(H,19,21). The monoisotopic (exact) mass is 330 g/mol. The molecule has 1 amide bonds. The van der Waals surface area contributed by atoms with Crippen LogP contribution >= 0.6 is 0 Å². The Balaban J connectivity index is 2.11. The number of aromatic hydroxyl groups is 1. The van der Waals surface area contributed by atoms with Gasteiger partial charge in [0, 0.05) is 11.1 Å². The Morgan fingerprint density at radius 2 is 1.75 bits per heavy atom. The number of hydrogen-bond acceptors (Lipinski definition) is 6. The van der Waals surface area contributed by atoms with E-state index in [2.05, 4.69) is 10.5 Å². The van der Waals surface area contributed by atoms with Crippen molar-refractivity contribution in [1.29, 1.82) is 0 Å². The summed E-state index contributed by atoms with van der Waals surface area (Å²) in [6.45, 7) is 0. The third kappa shape index (κ3) is 3.75. The topological polar surface area (TPSA) is 89.4 Å². The van der Waals surface area contributed by atoms with Crippen molar-refractivity contribution in [2.75, 3.05) is 21.3 Å². The van der Waals surface area contributed by atoms with Gasteiger partial charge in [-0.2, -0.15) is 5.10 Å². The zero-order chi connectivity index (χ0) is 17.5. The van der Waals surface area contributed by atoms with Crippen molar-refractivity contribution in [3.8, 4) is 23.0 Å². The number of nitrogens with one attached hydrogen (secondary N) is 1. The number of carbonyl (C=O) groups excluding carboxylic acids is 1. The van der Waals surface area contributed by atoms with E-state index in [0.717, 1.165) is 0 Å². The van der Waals surface area contributed by atoms with Crippen LogP contribution < -0.4 is 19.6 Å². The lowest BCUT2D eigenvalue weighted by molar-refractivity contribution is 0.0954. The zero-order valence-corrected chi connectivity index (χ0v) is 13.6. The fraction of sp³-hybridized carbons (Fsp3) is 0.176. The van der Waals surface area contributed by atoms with Crippen molar-refractivity contribution < 1.29 is 24.1 Å². The van der Waals surface area contributed by atoms with E-state index in [9.17, 15) is 9.90 Å². The Morgan fingerprint density at radius 1 is 1.04 bits per heavy atom. The molecule has 2 rings (SSSR count). The molecule has 0 aliphatic heterocycles. The lowest BCUT2D eigenvalue weighted by Gasteiger charge is -2.08. The minimum absolute atomic E-state index is 0.0517. The average Bonchev–Trinajstić information content (AvgIpc) is 2.62. The summed E-state index contributed by atoms with van der Waals surface area (Å²) >= 11 is 0. The third-order valence-electron chi connectivity index (χ3n) is 3.27. The summed E-state index contributed by atoms with van der Waals surface area (Å²) < 4.78 is 15.3. The molecule has 0 aromatic heterocycles. The number of nitrogens with zero attached hydrogens (tertiary/aromatic N) is 1. The predicted octanol–water partition coefficient (Wildman–Crippen LogP) is 2.18. The van der Waals surface area contributed by atoms with Gasteiger partial charge in [-0.15, -0.1) is 0 Å². The van der Waals surface area contributed by atoms with Gasteiger partial charge in [-0.05, 0) is 30.3 Å². The molecule has 0 spiro atoms. The predicted molar refractivity (Wildman–Crippen MR) is 89.3 cm³/mol. The molecule has 0 heterocycles. The summed E-state index contributed by atoms with van der Waals surface area (Å²) in [6.07, 6.45) is 1.33. The van der Waals surface area contributed by atoms with E-state index in [1.54, 1.807) is 36.4 Å². The first kappa shape index (κ1) is 17.1. The lowest BCUT2D eigenvalue weighted by Crippen LogP contribution is -2.17. The van der Waals surface area contributed by atoms with Gasteiger partial charge in [0.1, 0.15) is 0 Å². The summed E-state index contributed by atoms with van der Waals surface area (Å²) in [5.74, 6) is 0.822. The number of amides is 1. The number of rotatable bonds is 6. The summed E-state index contributed by atoms with van der Waals surface area (Å²) in [5, 5.41) is 13.8. The molecule has 24 heavy (non-hydrogen) atoms. The number of phenols is 1. The van der Waals surface area contributed by atoms with E-state index < -0.39 is 5.91 Å². The number of hydrogen-bond donors (Lipinski definition) is 2. The highest BCUT2D eigenvalue weighted by molar-refractivity contribution is 5.95. The normalized spacial score (nSPS) is 10.5. The molecule has 0 saturated carbocycles. The molecule has 0 aliphatic carbocycles. The van der Waals surface area contributed by atoms with E-state index >= 15 is 0 Å². The quantitative estimate of drug-likeness (QED) is 0.626. The summed E-state index contributed by atoms with van der Waals surface area (Å²) in [4.78, 5) is 12.1. The van der Waals surface area contributed by atoms with Crippen molar-refractivity contribution in [2.45, 2.75) is 0 Å². The number of benzene rings is 2. The molecule has 2 N–H and O–H groups in total. The molecule has 0 bridgehead atoms. The molecule has 0 aliphatic rings. The van der Waals surface area contributed by atoms with Gasteiger partial charge >= 0.3 is 0 Å². The second-order valence-electron chi connectivity index (χ2n) is 4.67. The van der Waals surface area contributed by atoms with Crippen LogP contribution in [0.4, 0.5) is 0 Å². The molecule has 0 unspecified atom stereocenters. The molecule has 0 fully saturated rings. The number of methoxy groups -OCH3 is 3. The Hall–Kier alpha value is -3.22. The number of carbonyl (C=O) groups is 1. The molecule has 0 radical (unpaired) electrons. The Labute approximate surface area is 139 Å². The van der Waals surface area contributed by atoms with E-state index in [1.165, 1.54) is 27.5 Å². The van der Waals surface area contributed by atoms with Crippen LogP contribution in [0, 0.1) is 0 Å². The average molecular weight is 330 g/mol. The maximum absolute atomic E-state index is 12.1. The highest BCUT2D eigenvalue weighted by atomic mass is 16.5. The highest BCUT2D eigenvalue weighted by Gasteiger charge is 2.10. The first-order valence-corrected chi connectivity index (χ1v) is 7.02. The summed E-state index contributed by atoms with van der Waals surface area (Å²) in [7, 11) is 4.46. The van der Waals surface area contributed by atoms with Crippen LogP contribution in [0.1, 0.15) is 15.9 Å². The number of ether oxygens (including phenoxy) is 3. The van der Waals surface area contributed by atoms with Gasteiger partial charge < -0.3 is 19.3 Å². The van der Waals surface area contributed by atoms with E-state index in [-0.39, 0.29) is 5.75 Å². The molecular weight excluding hydrogens is 312 g/mol. The third-order valence-corrected chi connectivity index (χ3v) is 3.27. The summed E-state index contributed by atoms with van der Waals surface area (Å²) in [6, 6.07) is 9.74. The van der Waals surface area contributed by atoms with E-state index in [1.807, 2.05) is 0 Å². The molecule has 7 heteroatoms.